The normalized spacial score (nSPS) is 22.1. The molecule has 178 valence electrons. The maximum atomic E-state index is 13.3. The van der Waals surface area contributed by atoms with Gasteiger partial charge in [0.25, 0.3) is 0 Å². The van der Waals surface area contributed by atoms with E-state index in [0.717, 1.165) is 6.08 Å². The van der Waals surface area contributed by atoms with Gasteiger partial charge in [0.1, 0.15) is 5.78 Å². The summed E-state index contributed by atoms with van der Waals surface area (Å²) in [6.07, 6.45) is -7.09. The van der Waals surface area contributed by atoms with Crippen LogP contribution in [0, 0.1) is 11.8 Å². The summed E-state index contributed by atoms with van der Waals surface area (Å²) in [5, 5.41) is 18.8. The molecule has 1 aromatic rings. The Labute approximate surface area is 180 Å². The number of hydrogen-bond acceptors (Lipinski definition) is 3. The first kappa shape index (κ1) is 25.9. The SMILES string of the molecule is O=C(O)CCCCCCC1C(=O)CC(O)C1/C=C/c1c(C(F)(F)F)cccc1C(F)(F)F. The zero-order chi connectivity index (χ0) is 24.1. The standard InChI is InChI=1S/C22H24F6O4/c23-21(24,25)16-7-5-8-17(22(26,27)28)15(16)11-10-14-13(18(29)12-19(14)30)6-3-1-2-4-9-20(31)32/h5,7-8,10-11,13-14,19,30H,1-4,6,9,12H2,(H,31,32)/b11-10+. The molecule has 0 radical (unpaired) electrons. The van der Waals surface area contributed by atoms with Crippen molar-refractivity contribution in [3.8, 4) is 0 Å². The van der Waals surface area contributed by atoms with Crippen molar-refractivity contribution in [1.29, 1.82) is 0 Å². The maximum Gasteiger partial charge on any atom is 0.417 e. The van der Waals surface area contributed by atoms with Crippen LogP contribution in [-0.4, -0.2) is 28.1 Å². The number of benzene rings is 1. The van der Waals surface area contributed by atoms with E-state index in [9.17, 15) is 41.0 Å². The summed E-state index contributed by atoms with van der Waals surface area (Å²) in [6, 6.07) is 1.80. The molecule has 0 heterocycles. The van der Waals surface area contributed by atoms with E-state index >= 15 is 0 Å². The van der Waals surface area contributed by atoms with Crippen LogP contribution in [0.1, 0.15) is 61.6 Å². The zero-order valence-corrected chi connectivity index (χ0v) is 17.0. The minimum atomic E-state index is -5.01. The molecule has 0 aliphatic heterocycles. The van der Waals surface area contributed by atoms with Gasteiger partial charge >= 0.3 is 18.3 Å². The van der Waals surface area contributed by atoms with Crippen molar-refractivity contribution in [3.05, 3.63) is 41.0 Å². The van der Waals surface area contributed by atoms with Crippen LogP contribution in [0.25, 0.3) is 6.08 Å². The van der Waals surface area contributed by atoms with Crippen LogP contribution in [0.15, 0.2) is 24.3 Å². The molecule has 1 saturated carbocycles. The Hall–Kier alpha value is -2.36. The van der Waals surface area contributed by atoms with E-state index in [1.807, 2.05) is 0 Å². The van der Waals surface area contributed by atoms with Crippen molar-refractivity contribution >= 4 is 17.8 Å². The molecule has 3 atom stereocenters. The fraction of sp³-hybridized carbons (Fsp3) is 0.545. The van der Waals surface area contributed by atoms with E-state index in [4.69, 9.17) is 5.11 Å². The number of carbonyl (C=O) groups excluding carboxylic acids is 1. The van der Waals surface area contributed by atoms with Gasteiger partial charge in [-0.25, -0.2) is 0 Å². The number of unbranched alkanes of at least 4 members (excludes halogenated alkanes) is 3. The third-order valence-corrected chi connectivity index (χ3v) is 5.59. The highest BCUT2D eigenvalue weighted by Gasteiger charge is 2.42. The minimum Gasteiger partial charge on any atom is -0.481 e. The fourth-order valence-corrected chi connectivity index (χ4v) is 4.03. The third kappa shape index (κ3) is 6.82. The second-order valence-corrected chi connectivity index (χ2v) is 7.89. The molecule has 1 aliphatic rings. The van der Waals surface area contributed by atoms with Crippen molar-refractivity contribution in [2.45, 2.75) is 63.4 Å². The van der Waals surface area contributed by atoms with Crippen LogP contribution in [0.4, 0.5) is 26.3 Å². The molecule has 2 N–H and O–H groups in total. The quantitative estimate of drug-likeness (QED) is 0.360. The summed E-state index contributed by atoms with van der Waals surface area (Å²) in [5.41, 5.74) is -3.94. The number of aliphatic hydroxyl groups excluding tert-OH is 1. The molecule has 32 heavy (non-hydrogen) atoms. The summed E-state index contributed by atoms with van der Waals surface area (Å²) >= 11 is 0. The van der Waals surface area contributed by atoms with Gasteiger partial charge in [0.15, 0.2) is 0 Å². The Morgan fingerprint density at radius 3 is 2.09 bits per heavy atom. The van der Waals surface area contributed by atoms with Gasteiger partial charge in [0.05, 0.1) is 17.2 Å². The maximum absolute atomic E-state index is 13.3. The topological polar surface area (TPSA) is 74.6 Å². The van der Waals surface area contributed by atoms with Crippen LogP contribution < -0.4 is 0 Å². The number of carboxylic acid groups (broad SMARTS) is 1. The van der Waals surface area contributed by atoms with Gasteiger partial charge in [-0.1, -0.05) is 37.5 Å². The second-order valence-electron chi connectivity index (χ2n) is 7.89. The van der Waals surface area contributed by atoms with Crippen molar-refractivity contribution in [2.75, 3.05) is 0 Å². The fourth-order valence-electron chi connectivity index (χ4n) is 4.03. The van der Waals surface area contributed by atoms with E-state index in [2.05, 4.69) is 0 Å². The average molecular weight is 466 g/mol. The number of ketones is 1. The van der Waals surface area contributed by atoms with E-state index in [-0.39, 0.29) is 18.6 Å². The molecule has 2 rings (SSSR count). The molecule has 4 nitrogen and oxygen atoms in total. The summed E-state index contributed by atoms with van der Waals surface area (Å²) in [4.78, 5) is 22.7. The molecule has 0 bridgehead atoms. The highest BCUT2D eigenvalue weighted by Crippen LogP contribution is 2.41. The summed E-state index contributed by atoms with van der Waals surface area (Å²) < 4.78 is 79.9. The summed E-state index contributed by atoms with van der Waals surface area (Å²) in [6.45, 7) is 0. The van der Waals surface area contributed by atoms with Crippen LogP contribution in [0.5, 0.6) is 0 Å². The predicted octanol–water partition coefficient (Wildman–Crippen LogP) is 5.73. The lowest BCUT2D eigenvalue weighted by Crippen LogP contribution is -2.19. The molecular weight excluding hydrogens is 442 g/mol. The Kier molecular flexibility index (Phi) is 8.50. The lowest BCUT2D eigenvalue weighted by molar-refractivity contribution is -0.143. The van der Waals surface area contributed by atoms with Crippen LogP contribution in [0.3, 0.4) is 0 Å². The zero-order valence-electron chi connectivity index (χ0n) is 17.0. The average Bonchev–Trinajstić information content (AvgIpc) is 2.93. The number of aliphatic carboxylic acids is 1. The number of Topliss-reactive ketones (excluding diaryl/α,β-unsaturated/α-hetero) is 1. The highest BCUT2D eigenvalue weighted by atomic mass is 19.4. The summed E-state index contributed by atoms with van der Waals surface area (Å²) in [7, 11) is 0. The van der Waals surface area contributed by atoms with Gasteiger partial charge in [-0.15, -0.1) is 0 Å². The number of aliphatic hydroxyl groups is 1. The first-order valence-corrected chi connectivity index (χ1v) is 10.2. The van der Waals surface area contributed by atoms with Crippen LogP contribution in [0.2, 0.25) is 0 Å². The van der Waals surface area contributed by atoms with Gasteiger partial charge in [-0.05, 0) is 30.5 Å². The Morgan fingerprint density at radius 1 is 1.00 bits per heavy atom. The Bertz CT molecular complexity index is 812. The molecule has 0 saturated heterocycles. The largest absolute Gasteiger partial charge is 0.481 e. The van der Waals surface area contributed by atoms with Gasteiger partial charge in [-0.3, -0.25) is 9.59 Å². The minimum absolute atomic E-state index is 0.0204. The monoisotopic (exact) mass is 466 g/mol. The van der Waals surface area contributed by atoms with Crippen LogP contribution in [-0.2, 0) is 21.9 Å². The van der Waals surface area contributed by atoms with Crippen molar-refractivity contribution in [3.63, 3.8) is 0 Å². The highest BCUT2D eigenvalue weighted by molar-refractivity contribution is 5.85. The number of carbonyl (C=O) groups is 2. The van der Waals surface area contributed by atoms with Gasteiger partial charge in [0.2, 0.25) is 0 Å². The number of rotatable bonds is 9. The predicted molar refractivity (Wildman–Crippen MR) is 103 cm³/mol. The van der Waals surface area contributed by atoms with Gasteiger partial charge < -0.3 is 10.2 Å². The molecule has 10 heteroatoms. The van der Waals surface area contributed by atoms with Crippen molar-refractivity contribution in [2.24, 2.45) is 11.8 Å². The van der Waals surface area contributed by atoms with Crippen LogP contribution >= 0.6 is 0 Å². The first-order valence-electron chi connectivity index (χ1n) is 10.2. The van der Waals surface area contributed by atoms with E-state index in [1.165, 1.54) is 0 Å². The van der Waals surface area contributed by atoms with E-state index < -0.39 is 53.0 Å². The molecule has 0 aromatic heterocycles. The third-order valence-electron chi connectivity index (χ3n) is 5.59. The number of halogens is 6. The molecule has 0 amide bonds. The molecule has 1 fully saturated rings. The lowest BCUT2D eigenvalue weighted by Gasteiger charge is -2.19. The van der Waals surface area contributed by atoms with Gasteiger partial charge in [-0.2, -0.15) is 26.3 Å². The summed E-state index contributed by atoms with van der Waals surface area (Å²) in [5.74, 6) is -2.82. The molecular formula is C22H24F6O4. The number of carboxylic acids is 1. The second kappa shape index (κ2) is 10.5. The Balaban J connectivity index is 2.21. The van der Waals surface area contributed by atoms with Crippen molar-refractivity contribution < 1.29 is 46.1 Å². The molecule has 1 aromatic carbocycles. The molecule has 3 unspecified atom stereocenters. The number of hydrogen-bond donors (Lipinski definition) is 2. The lowest BCUT2D eigenvalue weighted by atomic mass is 9.87. The Morgan fingerprint density at radius 2 is 1.56 bits per heavy atom. The van der Waals surface area contributed by atoms with Gasteiger partial charge in [0, 0.05) is 24.7 Å². The molecule has 0 spiro atoms. The smallest absolute Gasteiger partial charge is 0.417 e. The van der Waals surface area contributed by atoms with E-state index in [1.54, 1.807) is 0 Å². The number of alkyl halides is 6. The molecule has 1 aliphatic carbocycles. The van der Waals surface area contributed by atoms with Crippen molar-refractivity contribution in [1.82, 2.24) is 0 Å². The first-order chi connectivity index (χ1) is 14.8. The van der Waals surface area contributed by atoms with E-state index in [0.29, 0.717) is 56.4 Å².